The minimum absolute atomic E-state index is 0.269. The number of nitrogens with zero attached hydrogens (tertiary/aromatic N) is 1. The van der Waals surface area contributed by atoms with Crippen LogP contribution < -0.4 is 10.1 Å². The zero-order valence-corrected chi connectivity index (χ0v) is 19.2. The summed E-state index contributed by atoms with van der Waals surface area (Å²) >= 11 is 1.38. The number of benzene rings is 3. The van der Waals surface area contributed by atoms with Gasteiger partial charge in [-0.25, -0.2) is 9.37 Å². The van der Waals surface area contributed by atoms with Crippen molar-refractivity contribution in [2.75, 3.05) is 5.32 Å². The lowest BCUT2D eigenvalue weighted by Crippen LogP contribution is -2.07. The molecule has 4 aromatic rings. The Morgan fingerprint density at radius 2 is 1.70 bits per heavy atom. The topological polar surface area (TPSA) is 51.2 Å². The Kier molecular flexibility index (Phi) is 6.95. The SMILES string of the molecule is Cc1ccc(COc2ccc(/C=C/C(=O)Nc3nc(-c4ccc(F)cc4)c(C)s3)cc2)cc1. The van der Waals surface area contributed by atoms with Crippen LogP contribution in [0.1, 0.15) is 21.6 Å². The predicted molar refractivity (Wildman–Crippen MR) is 132 cm³/mol. The summed E-state index contributed by atoms with van der Waals surface area (Å²) in [6.45, 7) is 4.48. The summed E-state index contributed by atoms with van der Waals surface area (Å²) in [6.07, 6.45) is 3.21. The summed E-state index contributed by atoms with van der Waals surface area (Å²) in [4.78, 5) is 17.8. The predicted octanol–water partition coefficient (Wildman–Crippen LogP) is 6.80. The average molecular weight is 459 g/mol. The quantitative estimate of drug-likeness (QED) is 0.310. The van der Waals surface area contributed by atoms with E-state index in [-0.39, 0.29) is 11.7 Å². The molecule has 1 heterocycles. The van der Waals surface area contributed by atoms with E-state index in [1.165, 1.54) is 35.1 Å². The Bertz CT molecular complexity index is 1260. The number of carbonyl (C=O) groups excluding carboxylic acids is 1. The summed E-state index contributed by atoms with van der Waals surface area (Å²) in [5.41, 5.74) is 4.76. The fourth-order valence-corrected chi connectivity index (χ4v) is 4.01. The molecule has 0 atom stereocenters. The third kappa shape index (κ3) is 6.14. The van der Waals surface area contributed by atoms with Crippen LogP contribution in [0.4, 0.5) is 9.52 Å². The molecular formula is C27H23FN2O2S. The normalized spacial score (nSPS) is 11.0. The number of aryl methyl sites for hydroxylation is 2. The first-order chi connectivity index (χ1) is 16.0. The number of aromatic nitrogens is 1. The number of hydrogen-bond acceptors (Lipinski definition) is 4. The molecule has 3 aromatic carbocycles. The van der Waals surface area contributed by atoms with Crippen molar-refractivity contribution in [2.24, 2.45) is 0 Å². The summed E-state index contributed by atoms with van der Waals surface area (Å²) in [7, 11) is 0. The lowest BCUT2D eigenvalue weighted by molar-refractivity contribution is -0.111. The Labute approximate surface area is 196 Å². The summed E-state index contributed by atoms with van der Waals surface area (Å²) in [6, 6.07) is 21.9. The largest absolute Gasteiger partial charge is 0.489 e. The van der Waals surface area contributed by atoms with Gasteiger partial charge in [-0.2, -0.15) is 0 Å². The monoisotopic (exact) mass is 458 g/mol. The summed E-state index contributed by atoms with van der Waals surface area (Å²) in [5.74, 6) is 0.203. The van der Waals surface area contributed by atoms with Crippen LogP contribution >= 0.6 is 11.3 Å². The van der Waals surface area contributed by atoms with Gasteiger partial charge >= 0.3 is 0 Å². The number of ether oxygens (including phenoxy) is 1. The van der Waals surface area contributed by atoms with Crippen molar-refractivity contribution in [2.45, 2.75) is 20.5 Å². The molecule has 4 nitrogen and oxygen atoms in total. The van der Waals surface area contributed by atoms with E-state index in [0.717, 1.165) is 33.0 Å². The first kappa shape index (κ1) is 22.4. The molecule has 4 rings (SSSR count). The fraction of sp³-hybridized carbons (Fsp3) is 0.111. The molecule has 166 valence electrons. The van der Waals surface area contributed by atoms with Gasteiger partial charge in [-0.3, -0.25) is 10.1 Å². The highest BCUT2D eigenvalue weighted by atomic mass is 32.1. The summed E-state index contributed by atoms with van der Waals surface area (Å²) in [5, 5.41) is 3.29. The molecule has 1 N–H and O–H groups in total. The van der Waals surface area contributed by atoms with Crippen LogP contribution in [0.3, 0.4) is 0 Å². The maximum absolute atomic E-state index is 13.2. The minimum Gasteiger partial charge on any atom is -0.489 e. The zero-order valence-electron chi connectivity index (χ0n) is 18.3. The van der Waals surface area contributed by atoms with Crippen molar-refractivity contribution in [1.82, 2.24) is 4.98 Å². The van der Waals surface area contributed by atoms with E-state index < -0.39 is 0 Å². The van der Waals surface area contributed by atoms with Crippen LogP contribution in [0.15, 0.2) is 78.9 Å². The van der Waals surface area contributed by atoms with Crippen LogP contribution in [-0.2, 0) is 11.4 Å². The number of thiazole rings is 1. The molecule has 0 aliphatic carbocycles. The molecule has 0 bridgehead atoms. The fourth-order valence-electron chi connectivity index (χ4n) is 3.17. The molecule has 1 aromatic heterocycles. The smallest absolute Gasteiger partial charge is 0.250 e. The van der Waals surface area contributed by atoms with Gasteiger partial charge in [0.1, 0.15) is 18.2 Å². The number of hydrogen-bond donors (Lipinski definition) is 1. The van der Waals surface area contributed by atoms with Gasteiger partial charge in [0.2, 0.25) is 5.91 Å². The third-order valence-electron chi connectivity index (χ3n) is 4.98. The van der Waals surface area contributed by atoms with Crippen molar-refractivity contribution < 1.29 is 13.9 Å². The molecular weight excluding hydrogens is 435 g/mol. The number of carbonyl (C=O) groups is 1. The highest BCUT2D eigenvalue weighted by Crippen LogP contribution is 2.30. The molecule has 1 amide bonds. The molecule has 0 aliphatic heterocycles. The van der Waals surface area contributed by atoms with Crippen LogP contribution in [0, 0.1) is 19.7 Å². The number of halogens is 1. The summed E-state index contributed by atoms with van der Waals surface area (Å²) < 4.78 is 19.0. The number of amides is 1. The van der Waals surface area contributed by atoms with E-state index in [1.807, 2.05) is 31.2 Å². The van der Waals surface area contributed by atoms with Crippen molar-refractivity contribution in [3.05, 3.63) is 106 Å². The van der Waals surface area contributed by atoms with Gasteiger partial charge in [0.05, 0.1) is 5.69 Å². The number of nitrogens with one attached hydrogen (secondary N) is 1. The van der Waals surface area contributed by atoms with E-state index in [2.05, 4.69) is 41.5 Å². The van der Waals surface area contributed by atoms with Gasteiger partial charge in [0.25, 0.3) is 0 Å². The van der Waals surface area contributed by atoms with Crippen LogP contribution in [0.25, 0.3) is 17.3 Å². The number of rotatable bonds is 7. The minimum atomic E-state index is -0.295. The van der Waals surface area contributed by atoms with E-state index in [1.54, 1.807) is 18.2 Å². The Balaban J connectivity index is 1.32. The van der Waals surface area contributed by atoms with Crippen molar-refractivity contribution in [1.29, 1.82) is 0 Å². The second-order valence-electron chi connectivity index (χ2n) is 7.60. The van der Waals surface area contributed by atoms with Gasteiger partial charge in [0.15, 0.2) is 5.13 Å². The highest BCUT2D eigenvalue weighted by Gasteiger charge is 2.11. The Morgan fingerprint density at radius 1 is 1.00 bits per heavy atom. The molecule has 0 radical (unpaired) electrons. The van der Waals surface area contributed by atoms with Crippen LogP contribution in [0.5, 0.6) is 5.75 Å². The van der Waals surface area contributed by atoms with Gasteiger partial charge in [0, 0.05) is 16.5 Å². The highest BCUT2D eigenvalue weighted by molar-refractivity contribution is 7.16. The van der Waals surface area contributed by atoms with E-state index in [9.17, 15) is 9.18 Å². The zero-order chi connectivity index (χ0) is 23.2. The maximum atomic E-state index is 13.2. The molecule has 6 heteroatoms. The van der Waals surface area contributed by atoms with Crippen LogP contribution in [0.2, 0.25) is 0 Å². The Hall–Kier alpha value is -3.77. The molecule has 0 spiro atoms. The van der Waals surface area contributed by atoms with Gasteiger partial charge in [-0.1, -0.05) is 42.0 Å². The second-order valence-corrected chi connectivity index (χ2v) is 8.80. The first-order valence-electron chi connectivity index (χ1n) is 10.5. The van der Waals surface area contributed by atoms with Gasteiger partial charge in [-0.05, 0) is 67.4 Å². The van der Waals surface area contributed by atoms with Crippen molar-refractivity contribution in [3.8, 4) is 17.0 Å². The lowest BCUT2D eigenvalue weighted by atomic mass is 10.1. The molecule has 0 fully saturated rings. The van der Waals surface area contributed by atoms with E-state index >= 15 is 0 Å². The molecule has 0 aliphatic rings. The lowest BCUT2D eigenvalue weighted by Gasteiger charge is -2.07. The second kappa shape index (κ2) is 10.2. The maximum Gasteiger partial charge on any atom is 0.250 e. The standard InChI is InChI=1S/C27H23FN2O2S/c1-18-3-5-21(6-4-18)17-32-24-14-7-20(8-15-24)9-16-25(31)29-27-30-26(19(2)33-27)22-10-12-23(28)13-11-22/h3-16H,17H2,1-2H3,(H,29,30,31)/b16-9+. The van der Waals surface area contributed by atoms with E-state index in [4.69, 9.17) is 4.74 Å². The van der Waals surface area contributed by atoms with Crippen molar-refractivity contribution >= 4 is 28.5 Å². The molecule has 0 saturated heterocycles. The average Bonchev–Trinajstić information content (AvgIpc) is 3.18. The van der Waals surface area contributed by atoms with Gasteiger partial charge < -0.3 is 4.74 Å². The van der Waals surface area contributed by atoms with Crippen molar-refractivity contribution in [3.63, 3.8) is 0 Å². The third-order valence-corrected chi connectivity index (χ3v) is 5.86. The first-order valence-corrected chi connectivity index (χ1v) is 11.3. The van der Waals surface area contributed by atoms with Crippen LogP contribution in [-0.4, -0.2) is 10.9 Å². The number of anilines is 1. The molecule has 0 unspecified atom stereocenters. The molecule has 33 heavy (non-hydrogen) atoms. The van der Waals surface area contributed by atoms with Gasteiger partial charge in [-0.15, -0.1) is 11.3 Å². The Morgan fingerprint density at radius 3 is 2.39 bits per heavy atom. The molecule has 0 saturated carbocycles. The van der Waals surface area contributed by atoms with E-state index in [0.29, 0.717) is 11.7 Å².